The molecule has 0 saturated carbocycles. The number of hydrogen-bond acceptors (Lipinski definition) is 1. The van der Waals surface area contributed by atoms with Crippen LogP contribution in [0.25, 0.3) is 0 Å². The van der Waals surface area contributed by atoms with Gasteiger partial charge in [-0.3, -0.25) is 0 Å². The largest absolute Gasteiger partial charge is 0.406 e. The van der Waals surface area contributed by atoms with Gasteiger partial charge in [-0.1, -0.05) is 19.6 Å². The predicted octanol–water partition coefficient (Wildman–Crippen LogP) is 3.63. The van der Waals surface area contributed by atoms with Crippen LogP contribution in [0.5, 0.6) is 0 Å². The van der Waals surface area contributed by atoms with E-state index in [1.807, 2.05) is 0 Å². The number of hydrogen-bond donors (Lipinski definition) is 1. The molecule has 1 aromatic rings. The number of benzene rings is 1. The lowest BCUT2D eigenvalue weighted by molar-refractivity contribution is 0.382. The molecular weight excluding hydrogens is 245 g/mol. The Balaban J connectivity index is 3.40. The zero-order chi connectivity index (χ0) is 12.7. The van der Waals surface area contributed by atoms with E-state index in [0.717, 1.165) is 0 Å². The second-order valence-electron chi connectivity index (χ2n) is 4.32. The second-order valence-corrected chi connectivity index (χ2v) is 9.07. The topological polar surface area (TPSA) is 12.0 Å². The van der Waals surface area contributed by atoms with Crippen LogP contribution in [0.2, 0.25) is 19.6 Å². The first kappa shape index (κ1) is 13.0. The Kier molecular flexibility index (Phi) is 3.27. The van der Waals surface area contributed by atoms with Gasteiger partial charge in [0.25, 0.3) is 0 Å². The van der Waals surface area contributed by atoms with E-state index in [1.54, 1.807) is 19.6 Å². The molecule has 1 nitrogen and oxygen atoms in total. The van der Waals surface area contributed by atoms with E-state index < -0.39 is 43.0 Å². The third-order valence-electron chi connectivity index (χ3n) is 1.71. The Morgan fingerprint density at radius 3 is 1.31 bits per heavy atom. The second kappa shape index (κ2) is 4.04. The Hall–Kier alpha value is -1.11. The van der Waals surface area contributed by atoms with E-state index in [4.69, 9.17) is 0 Å². The SMILES string of the molecule is C[Si](C)(C)Nc1c(F)c(F)c(F)c(F)c1F. The Bertz CT molecular complexity index is 398. The minimum absolute atomic E-state index is 0.949. The monoisotopic (exact) mass is 255 g/mol. The van der Waals surface area contributed by atoms with Crippen LogP contribution < -0.4 is 4.98 Å². The van der Waals surface area contributed by atoms with Gasteiger partial charge < -0.3 is 4.98 Å². The molecule has 0 radical (unpaired) electrons. The van der Waals surface area contributed by atoms with Crippen molar-refractivity contribution in [3.63, 3.8) is 0 Å². The van der Waals surface area contributed by atoms with Gasteiger partial charge in [0.15, 0.2) is 23.3 Å². The Morgan fingerprint density at radius 2 is 1.00 bits per heavy atom. The van der Waals surface area contributed by atoms with Crippen molar-refractivity contribution in [2.45, 2.75) is 19.6 Å². The molecule has 0 aromatic heterocycles. The van der Waals surface area contributed by atoms with E-state index in [-0.39, 0.29) is 0 Å². The molecule has 1 rings (SSSR count). The standard InChI is InChI=1S/C9H10F5NSi/c1-16(2,3)15-9-7(13)5(11)4(10)6(12)8(9)14/h15H,1-3H3. The molecule has 0 atom stereocenters. The van der Waals surface area contributed by atoms with Crippen LogP contribution in [0.3, 0.4) is 0 Å². The maximum absolute atomic E-state index is 13.2. The highest BCUT2D eigenvalue weighted by Crippen LogP contribution is 2.28. The van der Waals surface area contributed by atoms with Gasteiger partial charge in [-0.25, -0.2) is 22.0 Å². The van der Waals surface area contributed by atoms with E-state index >= 15 is 0 Å². The molecule has 16 heavy (non-hydrogen) atoms. The third-order valence-corrected chi connectivity index (χ3v) is 2.71. The summed E-state index contributed by atoms with van der Waals surface area (Å²) in [6.45, 7) is 5.02. The number of rotatable bonds is 2. The van der Waals surface area contributed by atoms with Gasteiger partial charge in [0, 0.05) is 0 Å². The van der Waals surface area contributed by atoms with Crippen LogP contribution in [-0.4, -0.2) is 8.24 Å². The van der Waals surface area contributed by atoms with Crippen LogP contribution in [0, 0.1) is 29.1 Å². The van der Waals surface area contributed by atoms with Gasteiger partial charge in [-0.05, 0) is 0 Å². The summed E-state index contributed by atoms with van der Waals surface area (Å²) < 4.78 is 64.6. The molecular formula is C9H10F5NSi. The predicted molar refractivity (Wildman–Crippen MR) is 53.2 cm³/mol. The lowest BCUT2D eigenvalue weighted by Crippen LogP contribution is -2.33. The highest BCUT2D eigenvalue weighted by Gasteiger charge is 2.28. The number of nitrogens with one attached hydrogen (secondary N) is 1. The fourth-order valence-electron chi connectivity index (χ4n) is 1.09. The quantitative estimate of drug-likeness (QED) is 0.368. The van der Waals surface area contributed by atoms with Gasteiger partial charge in [0.05, 0.1) is 0 Å². The average Bonchev–Trinajstić information content (AvgIpc) is 2.17. The Labute approximate surface area is 90.4 Å². The molecule has 0 spiro atoms. The summed E-state index contributed by atoms with van der Waals surface area (Å²) in [7, 11) is -2.21. The smallest absolute Gasteiger partial charge is 0.200 e. The summed E-state index contributed by atoms with van der Waals surface area (Å²) in [5.41, 5.74) is -0.949. The summed E-state index contributed by atoms with van der Waals surface area (Å²) in [5, 5.41) is 0. The third kappa shape index (κ3) is 2.34. The first-order valence-corrected chi connectivity index (χ1v) is 7.94. The maximum Gasteiger partial charge on any atom is 0.200 e. The minimum Gasteiger partial charge on any atom is -0.406 e. The van der Waals surface area contributed by atoms with Crippen molar-refractivity contribution in [2.24, 2.45) is 0 Å². The molecule has 0 amide bonds. The van der Waals surface area contributed by atoms with Crippen molar-refractivity contribution in [3.8, 4) is 0 Å². The molecule has 1 N–H and O–H groups in total. The van der Waals surface area contributed by atoms with Crippen molar-refractivity contribution in [2.75, 3.05) is 4.98 Å². The van der Waals surface area contributed by atoms with Crippen LogP contribution in [0.15, 0.2) is 0 Å². The molecule has 90 valence electrons. The fourth-order valence-corrected chi connectivity index (χ4v) is 2.06. The van der Waals surface area contributed by atoms with Gasteiger partial charge in [-0.15, -0.1) is 0 Å². The fraction of sp³-hybridized carbons (Fsp3) is 0.333. The normalized spacial score (nSPS) is 11.8. The molecule has 0 aliphatic carbocycles. The maximum atomic E-state index is 13.2. The zero-order valence-corrected chi connectivity index (χ0v) is 9.89. The summed E-state index contributed by atoms with van der Waals surface area (Å²) in [6, 6.07) is 0. The van der Waals surface area contributed by atoms with Crippen molar-refractivity contribution >= 4 is 13.9 Å². The van der Waals surface area contributed by atoms with E-state index in [0.29, 0.717) is 0 Å². The van der Waals surface area contributed by atoms with Gasteiger partial charge in [-0.2, -0.15) is 0 Å². The molecule has 0 heterocycles. The zero-order valence-electron chi connectivity index (χ0n) is 8.89. The highest BCUT2D eigenvalue weighted by molar-refractivity contribution is 6.79. The highest BCUT2D eigenvalue weighted by atomic mass is 28.3. The van der Waals surface area contributed by atoms with Gasteiger partial charge in [0.1, 0.15) is 13.9 Å². The van der Waals surface area contributed by atoms with E-state index in [1.165, 1.54) is 0 Å². The molecule has 0 saturated heterocycles. The van der Waals surface area contributed by atoms with Crippen LogP contribution in [-0.2, 0) is 0 Å². The Morgan fingerprint density at radius 1 is 0.688 bits per heavy atom. The summed E-state index contributed by atoms with van der Waals surface area (Å²) in [4.78, 5) is 2.37. The van der Waals surface area contributed by atoms with Crippen LogP contribution in [0.4, 0.5) is 27.6 Å². The van der Waals surface area contributed by atoms with Crippen molar-refractivity contribution in [1.29, 1.82) is 0 Å². The molecule has 1 aromatic carbocycles. The number of anilines is 1. The van der Waals surface area contributed by atoms with Crippen molar-refractivity contribution in [3.05, 3.63) is 29.1 Å². The van der Waals surface area contributed by atoms with Crippen molar-refractivity contribution in [1.82, 2.24) is 0 Å². The van der Waals surface area contributed by atoms with E-state index in [9.17, 15) is 22.0 Å². The first-order valence-electron chi connectivity index (χ1n) is 4.44. The molecule has 0 aliphatic heterocycles. The summed E-state index contributed by atoms with van der Waals surface area (Å²) >= 11 is 0. The summed E-state index contributed by atoms with van der Waals surface area (Å²) in [6.07, 6.45) is 0. The lowest BCUT2D eigenvalue weighted by Gasteiger charge is -2.21. The molecule has 0 fully saturated rings. The molecule has 7 heteroatoms. The molecule has 0 aliphatic rings. The van der Waals surface area contributed by atoms with Crippen LogP contribution in [0.1, 0.15) is 0 Å². The first-order chi connectivity index (χ1) is 7.15. The lowest BCUT2D eigenvalue weighted by atomic mass is 10.2. The van der Waals surface area contributed by atoms with Crippen LogP contribution >= 0.6 is 0 Å². The minimum atomic E-state index is -2.21. The molecule has 0 unspecified atom stereocenters. The van der Waals surface area contributed by atoms with E-state index in [2.05, 4.69) is 4.98 Å². The average molecular weight is 255 g/mol. The summed E-state index contributed by atoms with van der Waals surface area (Å²) in [5.74, 6) is -9.65. The van der Waals surface area contributed by atoms with Gasteiger partial charge in [0.2, 0.25) is 5.82 Å². The number of halogens is 5. The molecule has 0 bridgehead atoms. The van der Waals surface area contributed by atoms with Crippen molar-refractivity contribution < 1.29 is 22.0 Å². The van der Waals surface area contributed by atoms with Gasteiger partial charge >= 0.3 is 0 Å².